The third-order valence-corrected chi connectivity index (χ3v) is 5.52. The predicted molar refractivity (Wildman–Crippen MR) is 109 cm³/mol. The van der Waals surface area contributed by atoms with Gasteiger partial charge in [-0.2, -0.15) is 4.98 Å². The van der Waals surface area contributed by atoms with E-state index in [0.717, 1.165) is 63.3 Å². The number of anilines is 2. The van der Waals surface area contributed by atoms with Gasteiger partial charge in [0.2, 0.25) is 5.95 Å². The van der Waals surface area contributed by atoms with Gasteiger partial charge in [0.25, 0.3) is 0 Å². The van der Waals surface area contributed by atoms with Crippen molar-refractivity contribution in [2.45, 2.75) is 76.8 Å². The Balaban J connectivity index is 1.56. The van der Waals surface area contributed by atoms with E-state index in [1.54, 1.807) is 0 Å². The predicted octanol–water partition coefficient (Wildman–Crippen LogP) is 2.85. The van der Waals surface area contributed by atoms with Gasteiger partial charge in [0.05, 0.1) is 5.69 Å². The summed E-state index contributed by atoms with van der Waals surface area (Å²) >= 11 is 0. The van der Waals surface area contributed by atoms with Gasteiger partial charge in [-0.05, 0) is 57.8 Å². The maximum atomic E-state index is 11.8. The molecule has 2 aliphatic carbocycles. The zero-order valence-electron chi connectivity index (χ0n) is 17.0. The molecule has 2 aliphatic rings. The van der Waals surface area contributed by atoms with E-state index in [1.165, 1.54) is 24.1 Å². The van der Waals surface area contributed by atoms with Gasteiger partial charge in [-0.25, -0.2) is 9.78 Å². The summed E-state index contributed by atoms with van der Waals surface area (Å²) in [7, 11) is 4.11. The standard InChI is InChI=1S/C20H34N6O/c1-4-13-21-20(27)23-15-11-9-14(10-12-15)22-19-24-17-8-6-5-7-16(17)18(25-19)26(2)3/h14-15H,4-13H2,1-3H3,(H2,21,23,27)(H,22,24,25)/t14-,15+. The van der Waals surface area contributed by atoms with Gasteiger partial charge in [0.1, 0.15) is 5.82 Å². The number of urea groups is 1. The van der Waals surface area contributed by atoms with Gasteiger partial charge in [-0.3, -0.25) is 0 Å². The average Bonchev–Trinajstić information content (AvgIpc) is 2.67. The molecule has 1 aromatic heterocycles. The van der Waals surface area contributed by atoms with Crippen LogP contribution in [0, 0.1) is 0 Å². The maximum Gasteiger partial charge on any atom is 0.315 e. The van der Waals surface area contributed by atoms with Crippen LogP contribution in [-0.2, 0) is 12.8 Å². The first kappa shape index (κ1) is 19.7. The highest BCUT2D eigenvalue weighted by Gasteiger charge is 2.24. The van der Waals surface area contributed by atoms with Crippen molar-refractivity contribution in [3.8, 4) is 0 Å². The smallest absolute Gasteiger partial charge is 0.315 e. The molecule has 0 bridgehead atoms. The van der Waals surface area contributed by atoms with Crippen LogP contribution in [0.2, 0.25) is 0 Å². The molecule has 0 saturated heterocycles. The molecule has 0 spiro atoms. The summed E-state index contributed by atoms with van der Waals surface area (Å²) in [5, 5.41) is 9.53. The molecule has 1 fully saturated rings. The lowest BCUT2D eigenvalue weighted by molar-refractivity contribution is 0.232. The van der Waals surface area contributed by atoms with Crippen molar-refractivity contribution in [2.75, 3.05) is 30.9 Å². The number of hydrogen-bond acceptors (Lipinski definition) is 5. The molecule has 0 atom stereocenters. The number of nitrogens with zero attached hydrogens (tertiary/aromatic N) is 3. The van der Waals surface area contributed by atoms with Gasteiger partial charge in [-0.15, -0.1) is 0 Å². The number of nitrogens with one attached hydrogen (secondary N) is 3. The molecule has 7 nitrogen and oxygen atoms in total. The summed E-state index contributed by atoms with van der Waals surface area (Å²) in [6, 6.07) is 0.599. The molecule has 1 aromatic rings. The Bertz CT molecular complexity index is 640. The quantitative estimate of drug-likeness (QED) is 0.713. The normalized spacial score (nSPS) is 21.9. The van der Waals surface area contributed by atoms with Crippen molar-refractivity contribution in [1.82, 2.24) is 20.6 Å². The Morgan fingerprint density at radius 1 is 1.07 bits per heavy atom. The molecule has 0 unspecified atom stereocenters. The summed E-state index contributed by atoms with van der Waals surface area (Å²) in [6.07, 6.45) is 9.56. The van der Waals surface area contributed by atoms with Gasteiger partial charge >= 0.3 is 6.03 Å². The zero-order valence-corrected chi connectivity index (χ0v) is 17.0. The molecule has 3 N–H and O–H groups in total. The molecule has 0 aromatic carbocycles. The number of carbonyl (C=O) groups excluding carboxylic acids is 1. The maximum absolute atomic E-state index is 11.8. The minimum absolute atomic E-state index is 0.0399. The molecule has 0 aliphatic heterocycles. The van der Waals surface area contributed by atoms with Gasteiger partial charge < -0.3 is 20.9 Å². The molecule has 27 heavy (non-hydrogen) atoms. The van der Waals surface area contributed by atoms with E-state index in [4.69, 9.17) is 9.97 Å². The lowest BCUT2D eigenvalue weighted by Crippen LogP contribution is -2.45. The van der Waals surface area contributed by atoms with Gasteiger partial charge in [0.15, 0.2) is 0 Å². The summed E-state index contributed by atoms with van der Waals surface area (Å²) in [4.78, 5) is 23.5. The molecular formula is C20H34N6O. The molecule has 150 valence electrons. The monoisotopic (exact) mass is 374 g/mol. The summed E-state index contributed by atoms with van der Waals surface area (Å²) in [5.41, 5.74) is 2.54. The Morgan fingerprint density at radius 2 is 1.78 bits per heavy atom. The number of hydrogen-bond donors (Lipinski definition) is 3. The van der Waals surface area contributed by atoms with E-state index < -0.39 is 0 Å². The number of carbonyl (C=O) groups is 1. The summed E-state index contributed by atoms with van der Waals surface area (Å²) < 4.78 is 0. The van der Waals surface area contributed by atoms with Crippen LogP contribution in [0.4, 0.5) is 16.6 Å². The highest BCUT2D eigenvalue weighted by atomic mass is 16.2. The minimum Gasteiger partial charge on any atom is -0.362 e. The first-order valence-corrected chi connectivity index (χ1v) is 10.4. The number of aromatic nitrogens is 2. The van der Waals surface area contributed by atoms with Crippen LogP contribution in [-0.4, -0.2) is 48.7 Å². The number of fused-ring (bicyclic) bond motifs is 1. The molecule has 0 radical (unpaired) electrons. The van der Waals surface area contributed by atoms with Crippen LogP contribution in [0.3, 0.4) is 0 Å². The van der Waals surface area contributed by atoms with Crippen molar-refractivity contribution >= 4 is 17.8 Å². The van der Waals surface area contributed by atoms with E-state index in [0.29, 0.717) is 6.04 Å². The fourth-order valence-electron chi connectivity index (χ4n) is 4.05. The minimum atomic E-state index is -0.0399. The second-order valence-electron chi connectivity index (χ2n) is 7.99. The largest absolute Gasteiger partial charge is 0.362 e. The molecule has 2 amide bonds. The fourth-order valence-corrected chi connectivity index (χ4v) is 4.05. The van der Waals surface area contributed by atoms with Crippen LogP contribution in [0.15, 0.2) is 0 Å². The third kappa shape index (κ3) is 5.23. The number of amides is 2. The summed E-state index contributed by atoms with van der Waals surface area (Å²) in [5.74, 6) is 1.82. The second-order valence-corrected chi connectivity index (χ2v) is 7.99. The topological polar surface area (TPSA) is 82.2 Å². The van der Waals surface area contributed by atoms with Crippen molar-refractivity contribution in [1.29, 1.82) is 0 Å². The van der Waals surface area contributed by atoms with Crippen molar-refractivity contribution < 1.29 is 4.79 Å². The Kier molecular flexibility index (Phi) is 6.74. The van der Waals surface area contributed by atoms with Crippen molar-refractivity contribution in [3.63, 3.8) is 0 Å². The second kappa shape index (κ2) is 9.24. The first-order valence-electron chi connectivity index (χ1n) is 10.4. The number of rotatable bonds is 6. The summed E-state index contributed by atoms with van der Waals surface area (Å²) in [6.45, 7) is 2.79. The Morgan fingerprint density at radius 3 is 2.48 bits per heavy atom. The van der Waals surface area contributed by atoms with Crippen LogP contribution < -0.4 is 20.9 Å². The van der Waals surface area contributed by atoms with Crippen LogP contribution in [0.5, 0.6) is 0 Å². The molecule has 3 rings (SSSR count). The van der Waals surface area contributed by atoms with E-state index in [-0.39, 0.29) is 12.1 Å². The van der Waals surface area contributed by atoms with Crippen LogP contribution in [0.25, 0.3) is 0 Å². The van der Waals surface area contributed by atoms with E-state index >= 15 is 0 Å². The zero-order chi connectivity index (χ0) is 19.2. The molecule has 1 saturated carbocycles. The Hall–Kier alpha value is -2.05. The van der Waals surface area contributed by atoms with E-state index in [1.807, 2.05) is 0 Å². The number of aryl methyl sites for hydroxylation is 1. The third-order valence-electron chi connectivity index (χ3n) is 5.52. The van der Waals surface area contributed by atoms with E-state index in [2.05, 4.69) is 41.9 Å². The average molecular weight is 375 g/mol. The fraction of sp³-hybridized carbons (Fsp3) is 0.750. The molecular weight excluding hydrogens is 340 g/mol. The first-order chi connectivity index (χ1) is 13.1. The lowest BCUT2D eigenvalue weighted by atomic mass is 9.91. The highest BCUT2D eigenvalue weighted by molar-refractivity contribution is 5.74. The van der Waals surface area contributed by atoms with Crippen molar-refractivity contribution in [2.24, 2.45) is 0 Å². The van der Waals surface area contributed by atoms with Crippen LogP contribution in [0.1, 0.15) is 63.1 Å². The van der Waals surface area contributed by atoms with Gasteiger partial charge in [-0.1, -0.05) is 6.92 Å². The van der Waals surface area contributed by atoms with Crippen molar-refractivity contribution in [3.05, 3.63) is 11.3 Å². The Labute approximate surface area is 162 Å². The van der Waals surface area contributed by atoms with Crippen LogP contribution >= 0.6 is 0 Å². The molecule has 1 heterocycles. The van der Waals surface area contributed by atoms with E-state index in [9.17, 15) is 4.79 Å². The SMILES string of the molecule is CCCNC(=O)N[C@H]1CC[C@@H](Nc2nc3c(c(N(C)C)n2)CCCC3)CC1. The lowest BCUT2D eigenvalue weighted by Gasteiger charge is -2.30. The highest BCUT2D eigenvalue weighted by Crippen LogP contribution is 2.29. The van der Waals surface area contributed by atoms with Gasteiger partial charge in [0, 0.05) is 38.3 Å². The molecule has 7 heteroatoms.